The number of piperidine rings is 1. The number of ketones is 1. The molecular formula is C12H14BrNO3S. The smallest absolute Gasteiger partial charge is 0.243 e. The number of aryl methyl sites for hydroxylation is 1. The fourth-order valence-corrected chi connectivity index (χ4v) is 3.61. The molecule has 1 unspecified atom stereocenters. The van der Waals surface area contributed by atoms with E-state index in [9.17, 15) is 13.2 Å². The van der Waals surface area contributed by atoms with Crippen molar-refractivity contribution >= 4 is 31.7 Å². The van der Waals surface area contributed by atoms with Crippen LogP contribution in [-0.2, 0) is 14.8 Å². The zero-order valence-electron chi connectivity index (χ0n) is 9.97. The van der Waals surface area contributed by atoms with Crippen LogP contribution in [0.4, 0.5) is 0 Å². The first-order chi connectivity index (χ1) is 8.41. The van der Waals surface area contributed by atoms with E-state index in [0.29, 0.717) is 13.0 Å². The molecule has 1 aromatic rings. The predicted molar refractivity (Wildman–Crippen MR) is 72.3 cm³/mol. The summed E-state index contributed by atoms with van der Waals surface area (Å²) in [5, 5.41) is 0. The molecule has 1 fully saturated rings. The van der Waals surface area contributed by atoms with Gasteiger partial charge < -0.3 is 0 Å². The van der Waals surface area contributed by atoms with Gasteiger partial charge in [-0.25, -0.2) is 8.42 Å². The molecule has 0 N–H and O–H groups in total. The van der Waals surface area contributed by atoms with Crippen molar-refractivity contribution < 1.29 is 13.2 Å². The van der Waals surface area contributed by atoms with Crippen LogP contribution < -0.4 is 0 Å². The van der Waals surface area contributed by atoms with Crippen molar-refractivity contribution in [2.75, 3.05) is 13.1 Å². The lowest BCUT2D eigenvalue weighted by molar-refractivity contribution is -0.120. The molecule has 1 heterocycles. The van der Waals surface area contributed by atoms with Crippen LogP contribution in [0.1, 0.15) is 12.0 Å². The summed E-state index contributed by atoms with van der Waals surface area (Å²) in [5.41, 5.74) is 1.00. The lowest BCUT2D eigenvalue weighted by atomic mass is 10.1. The molecule has 98 valence electrons. The molecular weight excluding hydrogens is 318 g/mol. The van der Waals surface area contributed by atoms with Crippen LogP contribution >= 0.6 is 15.9 Å². The predicted octanol–water partition coefficient (Wildman–Crippen LogP) is 1.72. The summed E-state index contributed by atoms with van der Waals surface area (Å²) in [6.07, 6.45) is 0.518. The standard InChI is InChI=1S/C12H14BrNO3S/c1-9-2-4-10(5-3-9)18(16,17)14-7-6-11(13)12(15)8-14/h2-5,11H,6-8H2,1H3. The maximum atomic E-state index is 12.3. The number of halogens is 1. The molecule has 1 atom stereocenters. The molecule has 1 aliphatic heterocycles. The Bertz CT molecular complexity index is 553. The summed E-state index contributed by atoms with van der Waals surface area (Å²) >= 11 is 3.24. The number of benzene rings is 1. The van der Waals surface area contributed by atoms with E-state index >= 15 is 0 Å². The van der Waals surface area contributed by atoms with E-state index in [1.54, 1.807) is 24.3 Å². The fourth-order valence-electron chi connectivity index (χ4n) is 1.83. The SMILES string of the molecule is Cc1ccc(S(=O)(=O)N2CCC(Br)C(=O)C2)cc1. The summed E-state index contributed by atoms with van der Waals surface area (Å²) < 4.78 is 25.9. The topological polar surface area (TPSA) is 54.5 Å². The Labute approximate surface area is 115 Å². The number of hydrogen-bond acceptors (Lipinski definition) is 3. The van der Waals surface area contributed by atoms with Crippen LogP contribution in [0.15, 0.2) is 29.2 Å². The van der Waals surface area contributed by atoms with Gasteiger partial charge in [0.1, 0.15) is 0 Å². The molecule has 18 heavy (non-hydrogen) atoms. The molecule has 2 rings (SSSR count). The molecule has 0 spiro atoms. The van der Waals surface area contributed by atoms with Crippen molar-refractivity contribution in [2.24, 2.45) is 0 Å². The average molecular weight is 332 g/mol. The number of carbonyl (C=O) groups is 1. The van der Waals surface area contributed by atoms with Crippen LogP contribution in [0.3, 0.4) is 0 Å². The Morgan fingerprint density at radius 3 is 2.44 bits per heavy atom. The quantitative estimate of drug-likeness (QED) is 0.775. The molecule has 1 saturated heterocycles. The van der Waals surface area contributed by atoms with E-state index < -0.39 is 10.0 Å². The largest absolute Gasteiger partial charge is 0.297 e. The number of rotatable bonds is 2. The average Bonchev–Trinajstić information content (AvgIpc) is 2.33. The molecule has 1 aliphatic rings. The Kier molecular flexibility index (Phi) is 3.89. The summed E-state index contributed by atoms with van der Waals surface area (Å²) in [6.45, 7) is 2.22. The second-order valence-electron chi connectivity index (χ2n) is 4.37. The van der Waals surface area contributed by atoms with Gasteiger partial charge in [0.05, 0.1) is 16.3 Å². The van der Waals surface area contributed by atoms with Crippen LogP contribution in [0.25, 0.3) is 0 Å². The summed E-state index contributed by atoms with van der Waals surface area (Å²) in [4.78, 5) is 11.6. The maximum Gasteiger partial charge on any atom is 0.243 e. The maximum absolute atomic E-state index is 12.3. The van der Waals surface area contributed by atoms with Crippen molar-refractivity contribution in [1.29, 1.82) is 0 Å². The van der Waals surface area contributed by atoms with Gasteiger partial charge in [0, 0.05) is 6.54 Å². The van der Waals surface area contributed by atoms with E-state index in [4.69, 9.17) is 0 Å². The van der Waals surface area contributed by atoms with Crippen LogP contribution in [-0.4, -0.2) is 36.4 Å². The van der Waals surface area contributed by atoms with Gasteiger partial charge in [0.15, 0.2) is 5.78 Å². The van der Waals surface area contributed by atoms with Gasteiger partial charge in [-0.2, -0.15) is 4.31 Å². The lowest BCUT2D eigenvalue weighted by Gasteiger charge is -2.27. The van der Waals surface area contributed by atoms with Gasteiger partial charge >= 0.3 is 0 Å². The zero-order valence-corrected chi connectivity index (χ0v) is 12.4. The number of sulfonamides is 1. The molecule has 0 aliphatic carbocycles. The fraction of sp³-hybridized carbons (Fsp3) is 0.417. The lowest BCUT2D eigenvalue weighted by Crippen LogP contribution is -2.44. The van der Waals surface area contributed by atoms with Gasteiger partial charge in [-0.1, -0.05) is 33.6 Å². The van der Waals surface area contributed by atoms with E-state index in [1.165, 1.54) is 4.31 Å². The highest BCUT2D eigenvalue weighted by Crippen LogP contribution is 2.22. The van der Waals surface area contributed by atoms with E-state index in [2.05, 4.69) is 15.9 Å². The number of hydrogen-bond donors (Lipinski definition) is 0. The molecule has 1 aromatic carbocycles. The molecule has 4 nitrogen and oxygen atoms in total. The zero-order chi connectivity index (χ0) is 13.3. The second kappa shape index (κ2) is 5.11. The normalized spacial score (nSPS) is 22.1. The number of nitrogens with zero attached hydrogens (tertiary/aromatic N) is 1. The number of Topliss-reactive ketones (excluding diaryl/α,β-unsaturated/α-hetero) is 1. The summed E-state index contributed by atoms with van der Waals surface area (Å²) in [7, 11) is -3.54. The number of carbonyl (C=O) groups excluding carboxylic acids is 1. The van der Waals surface area contributed by atoms with Gasteiger partial charge in [-0.3, -0.25) is 4.79 Å². The molecule has 0 amide bonds. The van der Waals surface area contributed by atoms with Crippen molar-refractivity contribution in [3.05, 3.63) is 29.8 Å². The number of alkyl halides is 1. The Morgan fingerprint density at radius 1 is 1.28 bits per heavy atom. The molecule has 6 heteroatoms. The first-order valence-electron chi connectivity index (χ1n) is 5.65. The minimum Gasteiger partial charge on any atom is -0.297 e. The van der Waals surface area contributed by atoms with Gasteiger partial charge in [0.25, 0.3) is 0 Å². The third-order valence-corrected chi connectivity index (χ3v) is 5.80. The molecule has 0 saturated carbocycles. The first kappa shape index (κ1) is 13.7. The summed E-state index contributed by atoms with van der Waals surface area (Å²) in [5.74, 6) is -0.0862. The molecule has 0 radical (unpaired) electrons. The van der Waals surface area contributed by atoms with Gasteiger partial charge in [-0.15, -0.1) is 0 Å². The highest BCUT2D eigenvalue weighted by molar-refractivity contribution is 9.10. The minimum absolute atomic E-state index is 0.0495. The Hall–Kier alpha value is -0.720. The van der Waals surface area contributed by atoms with Gasteiger partial charge in [-0.05, 0) is 25.5 Å². The summed E-state index contributed by atoms with van der Waals surface area (Å²) in [6, 6.07) is 6.67. The van der Waals surface area contributed by atoms with Crippen molar-refractivity contribution in [1.82, 2.24) is 4.31 Å². The third kappa shape index (κ3) is 2.65. The van der Waals surface area contributed by atoms with Gasteiger partial charge in [0.2, 0.25) is 10.0 Å². The third-order valence-electron chi connectivity index (χ3n) is 2.97. The highest BCUT2D eigenvalue weighted by atomic mass is 79.9. The molecule has 0 aromatic heterocycles. The Balaban J connectivity index is 2.26. The second-order valence-corrected chi connectivity index (χ2v) is 7.42. The van der Waals surface area contributed by atoms with Crippen molar-refractivity contribution in [3.63, 3.8) is 0 Å². The van der Waals surface area contributed by atoms with Crippen LogP contribution in [0.5, 0.6) is 0 Å². The van der Waals surface area contributed by atoms with Crippen LogP contribution in [0, 0.1) is 6.92 Å². The van der Waals surface area contributed by atoms with Crippen LogP contribution in [0.2, 0.25) is 0 Å². The Morgan fingerprint density at radius 2 is 1.89 bits per heavy atom. The first-order valence-corrected chi connectivity index (χ1v) is 8.00. The van der Waals surface area contributed by atoms with Crippen molar-refractivity contribution in [3.8, 4) is 0 Å². The van der Waals surface area contributed by atoms with E-state index in [0.717, 1.165) is 5.56 Å². The molecule has 0 bridgehead atoms. The van der Waals surface area contributed by atoms with E-state index in [1.807, 2.05) is 6.92 Å². The van der Waals surface area contributed by atoms with E-state index in [-0.39, 0.29) is 22.1 Å². The minimum atomic E-state index is -3.54. The highest BCUT2D eigenvalue weighted by Gasteiger charge is 2.33. The monoisotopic (exact) mass is 331 g/mol. The van der Waals surface area contributed by atoms with Crippen molar-refractivity contribution in [2.45, 2.75) is 23.1 Å².